The number of amides is 1. The monoisotopic (exact) mass is 379 g/mol. The fourth-order valence-corrected chi connectivity index (χ4v) is 5.87. The summed E-state index contributed by atoms with van der Waals surface area (Å²) in [6, 6.07) is 5.69. The van der Waals surface area contributed by atoms with Crippen LogP contribution < -0.4 is 10.1 Å². The average Bonchev–Trinajstić information content (AvgIpc) is 2.48. The summed E-state index contributed by atoms with van der Waals surface area (Å²) in [6.45, 7) is 0. The van der Waals surface area contributed by atoms with E-state index in [0.29, 0.717) is 29.1 Å². The number of nitrogens with one attached hydrogen (secondary N) is 1. The maximum atomic E-state index is 12.8. The molecule has 0 heterocycles. The van der Waals surface area contributed by atoms with Crippen LogP contribution in [0.5, 0.6) is 5.75 Å². The first-order chi connectivity index (χ1) is 11.0. The molecule has 5 rings (SSSR count). The number of ether oxygens (including phenoxy) is 1. The zero-order chi connectivity index (χ0) is 16.2. The third kappa shape index (κ3) is 2.58. The van der Waals surface area contributed by atoms with Crippen molar-refractivity contribution < 1.29 is 14.6 Å². The molecule has 5 heteroatoms. The molecule has 0 radical (unpaired) electrons. The molecule has 4 aliphatic carbocycles. The second-order valence-electron chi connectivity index (χ2n) is 7.51. The highest BCUT2D eigenvalue weighted by Crippen LogP contribution is 2.55. The Balaban J connectivity index is 1.55. The molecule has 1 aromatic rings. The fraction of sp³-hybridized carbons (Fsp3) is 0.611. The minimum Gasteiger partial charge on any atom is -0.495 e. The van der Waals surface area contributed by atoms with E-state index in [-0.39, 0.29) is 11.9 Å². The van der Waals surface area contributed by atoms with Crippen molar-refractivity contribution in [2.75, 3.05) is 7.11 Å². The smallest absolute Gasteiger partial charge is 0.255 e. The van der Waals surface area contributed by atoms with Gasteiger partial charge in [0.15, 0.2) is 0 Å². The van der Waals surface area contributed by atoms with Crippen molar-refractivity contribution in [3.63, 3.8) is 0 Å². The Morgan fingerprint density at radius 1 is 1.30 bits per heavy atom. The van der Waals surface area contributed by atoms with Gasteiger partial charge in [-0.3, -0.25) is 4.79 Å². The summed E-state index contributed by atoms with van der Waals surface area (Å²) in [7, 11) is 1.58. The van der Waals surface area contributed by atoms with E-state index in [1.54, 1.807) is 13.2 Å². The Morgan fingerprint density at radius 2 is 2.00 bits per heavy atom. The Bertz CT molecular complexity index is 631. The van der Waals surface area contributed by atoms with E-state index < -0.39 is 5.60 Å². The first-order valence-corrected chi connectivity index (χ1v) is 9.14. The number of para-hydroxylation sites is 1. The van der Waals surface area contributed by atoms with Crippen LogP contribution in [0.2, 0.25) is 0 Å². The maximum Gasteiger partial charge on any atom is 0.255 e. The zero-order valence-corrected chi connectivity index (χ0v) is 14.8. The molecule has 1 aromatic carbocycles. The molecular formula is C18H22BrNO3. The van der Waals surface area contributed by atoms with Crippen LogP contribution in [-0.4, -0.2) is 29.8 Å². The van der Waals surface area contributed by atoms with Gasteiger partial charge in [-0.1, -0.05) is 6.07 Å². The highest BCUT2D eigenvalue weighted by molar-refractivity contribution is 9.10. The van der Waals surface area contributed by atoms with Crippen molar-refractivity contribution in [1.29, 1.82) is 0 Å². The van der Waals surface area contributed by atoms with Gasteiger partial charge in [0.05, 0.1) is 22.7 Å². The van der Waals surface area contributed by atoms with Gasteiger partial charge in [-0.05, 0) is 77.9 Å². The van der Waals surface area contributed by atoms with E-state index in [0.717, 1.165) is 36.6 Å². The maximum absolute atomic E-state index is 12.8. The summed E-state index contributed by atoms with van der Waals surface area (Å²) in [5, 5.41) is 13.9. The van der Waals surface area contributed by atoms with Crippen molar-refractivity contribution in [2.24, 2.45) is 17.8 Å². The number of carbonyl (C=O) groups is 1. The predicted octanol–water partition coefficient (Wildman–Crippen LogP) is 3.13. The van der Waals surface area contributed by atoms with Gasteiger partial charge in [-0.25, -0.2) is 0 Å². The third-order valence-corrected chi connectivity index (χ3v) is 6.58. The van der Waals surface area contributed by atoms with Crippen LogP contribution in [0.3, 0.4) is 0 Å². The third-order valence-electron chi connectivity index (χ3n) is 5.95. The average molecular weight is 380 g/mol. The summed E-state index contributed by atoms with van der Waals surface area (Å²) in [5.74, 6) is 1.97. The second kappa shape index (κ2) is 5.49. The fourth-order valence-electron chi connectivity index (χ4n) is 5.34. The first-order valence-electron chi connectivity index (χ1n) is 8.35. The zero-order valence-electron chi connectivity index (χ0n) is 13.2. The van der Waals surface area contributed by atoms with Crippen molar-refractivity contribution in [3.05, 3.63) is 28.2 Å². The lowest BCUT2D eigenvalue weighted by Gasteiger charge is -2.58. The number of carbonyl (C=O) groups excluding carboxylic acids is 1. The molecule has 124 valence electrons. The summed E-state index contributed by atoms with van der Waals surface area (Å²) < 4.78 is 6.16. The highest BCUT2D eigenvalue weighted by Gasteiger charge is 2.55. The van der Waals surface area contributed by atoms with E-state index in [1.165, 1.54) is 0 Å². The minimum absolute atomic E-state index is 0.0763. The van der Waals surface area contributed by atoms with Crippen molar-refractivity contribution in [2.45, 2.75) is 43.7 Å². The van der Waals surface area contributed by atoms with E-state index in [1.807, 2.05) is 12.1 Å². The molecule has 4 nitrogen and oxygen atoms in total. The number of hydrogen-bond donors (Lipinski definition) is 2. The summed E-state index contributed by atoms with van der Waals surface area (Å²) in [5.41, 5.74) is 0.0972. The van der Waals surface area contributed by atoms with E-state index in [9.17, 15) is 9.90 Å². The number of aliphatic hydroxyl groups is 1. The molecule has 2 N–H and O–H groups in total. The van der Waals surface area contributed by atoms with Gasteiger partial charge in [-0.15, -0.1) is 0 Å². The number of hydrogen-bond acceptors (Lipinski definition) is 3. The predicted molar refractivity (Wildman–Crippen MR) is 90.5 cm³/mol. The Kier molecular flexibility index (Phi) is 3.69. The number of rotatable bonds is 3. The van der Waals surface area contributed by atoms with Gasteiger partial charge in [-0.2, -0.15) is 0 Å². The topological polar surface area (TPSA) is 58.6 Å². The van der Waals surface area contributed by atoms with Gasteiger partial charge in [0.1, 0.15) is 5.75 Å². The van der Waals surface area contributed by atoms with Gasteiger partial charge < -0.3 is 15.2 Å². The molecule has 0 aliphatic heterocycles. The van der Waals surface area contributed by atoms with Gasteiger partial charge >= 0.3 is 0 Å². The van der Waals surface area contributed by atoms with Crippen LogP contribution in [0, 0.1) is 17.8 Å². The Hall–Kier alpha value is -1.07. The molecule has 4 saturated carbocycles. The van der Waals surface area contributed by atoms with Gasteiger partial charge in [0.25, 0.3) is 5.91 Å². The molecule has 1 amide bonds. The molecule has 4 aliphatic rings. The molecule has 2 unspecified atom stereocenters. The SMILES string of the molecule is COc1c(Br)cccc1C(=O)NC1C2CC3CC1CC(O)(C3)C2. The molecule has 0 saturated heterocycles. The van der Waals surface area contributed by atoms with Crippen LogP contribution in [0.4, 0.5) is 0 Å². The first kappa shape index (κ1) is 15.5. The van der Waals surface area contributed by atoms with Crippen molar-refractivity contribution >= 4 is 21.8 Å². The van der Waals surface area contributed by atoms with Gasteiger partial charge in [0, 0.05) is 6.04 Å². The van der Waals surface area contributed by atoms with Crippen molar-refractivity contribution in [3.8, 4) is 5.75 Å². The van der Waals surface area contributed by atoms with Crippen molar-refractivity contribution in [1.82, 2.24) is 5.32 Å². The van der Waals surface area contributed by atoms with Crippen LogP contribution >= 0.6 is 15.9 Å². The van der Waals surface area contributed by atoms with E-state index >= 15 is 0 Å². The van der Waals surface area contributed by atoms with Gasteiger partial charge in [0.2, 0.25) is 0 Å². The number of halogens is 1. The molecule has 4 bridgehead atoms. The van der Waals surface area contributed by atoms with Crippen LogP contribution in [0.15, 0.2) is 22.7 Å². The molecule has 0 aromatic heterocycles. The summed E-state index contributed by atoms with van der Waals surface area (Å²) in [6.07, 6.45) is 4.90. The lowest BCUT2D eigenvalue weighted by Crippen LogP contribution is -2.61. The van der Waals surface area contributed by atoms with Crippen LogP contribution in [0.1, 0.15) is 42.5 Å². The Morgan fingerprint density at radius 3 is 2.61 bits per heavy atom. The standard InChI is InChI=1S/C18H22BrNO3/c1-23-16-13(3-2-4-14(16)19)17(21)20-15-11-5-10-6-12(15)9-18(22,7-10)8-11/h2-4,10-12,15,22H,5-9H2,1H3,(H,20,21). The summed E-state index contributed by atoms with van der Waals surface area (Å²) >= 11 is 3.43. The summed E-state index contributed by atoms with van der Waals surface area (Å²) in [4.78, 5) is 12.8. The van der Waals surface area contributed by atoms with E-state index in [2.05, 4.69) is 21.2 Å². The van der Waals surface area contributed by atoms with Crippen LogP contribution in [0.25, 0.3) is 0 Å². The molecule has 2 atom stereocenters. The second-order valence-corrected chi connectivity index (χ2v) is 8.37. The molecule has 23 heavy (non-hydrogen) atoms. The van der Waals surface area contributed by atoms with Crippen LogP contribution in [-0.2, 0) is 0 Å². The van der Waals surface area contributed by atoms with E-state index in [4.69, 9.17) is 4.74 Å². The lowest BCUT2D eigenvalue weighted by atomic mass is 9.52. The molecule has 4 fully saturated rings. The Labute approximate surface area is 144 Å². The molecular weight excluding hydrogens is 358 g/mol. The largest absolute Gasteiger partial charge is 0.495 e. The molecule has 0 spiro atoms. The highest BCUT2D eigenvalue weighted by atomic mass is 79.9. The lowest BCUT2D eigenvalue weighted by molar-refractivity contribution is -0.136. The number of benzene rings is 1. The quantitative estimate of drug-likeness (QED) is 0.847. The number of methoxy groups -OCH3 is 1. The normalized spacial score (nSPS) is 37.7. The minimum atomic E-state index is -0.467.